The molecule has 3 aromatic rings. The molecule has 0 aromatic heterocycles. The van der Waals surface area contributed by atoms with E-state index in [9.17, 15) is 37.2 Å². The molecule has 0 spiro atoms. The van der Waals surface area contributed by atoms with Gasteiger partial charge in [0.15, 0.2) is 21.3 Å². The Hall–Kier alpha value is -5.57. The van der Waals surface area contributed by atoms with Crippen LogP contribution in [0.3, 0.4) is 0 Å². The Morgan fingerprint density at radius 3 is 1.91 bits per heavy atom. The summed E-state index contributed by atoms with van der Waals surface area (Å²) in [7, 11) is -3.06. The van der Waals surface area contributed by atoms with E-state index in [1.54, 1.807) is 6.92 Å². The summed E-state index contributed by atoms with van der Waals surface area (Å²) in [6, 6.07) is 11.5. The summed E-state index contributed by atoms with van der Waals surface area (Å²) in [5.74, 6) is -5.92. The molecule has 5 rings (SSSR count). The van der Waals surface area contributed by atoms with Crippen molar-refractivity contribution in [2.45, 2.75) is 26.8 Å². The summed E-state index contributed by atoms with van der Waals surface area (Å²) in [6.07, 6.45) is 0. The highest BCUT2D eigenvalue weighted by Crippen LogP contribution is 2.39. The summed E-state index contributed by atoms with van der Waals surface area (Å²) in [6.45, 7) is 4.40. The number of hydrogen-bond donors (Lipinski definition) is 2. The van der Waals surface area contributed by atoms with Crippen LogP contribution in [-0.4, -0.2) is 79.0 Å². The second kappa shape index (κ2) is 12.7. The highest BCUT2D eigenvalue weighted by molar-refractivity contribution is 7.91. The number of amides is 6. The predicted octanol–water partition coefficient (Wildman–Crippen LogP) is 3.02. The van der Waals surface area contributed by atoms with Crippen LogP contribution in [-0.2, 0) is 19.4 Å². The average Bonchev–Trinajstić information content (AvgIpc) is 3.40. The fourth-order valence-corrected chi connectivity index (χ4v) is 7.16. The fourth-order valence-electron chi connectivity index (χ4n) is 5.60. The van der Waals surface area contributed by atoms with Crippen molar-refractivity contribution >= 4 is 56.7 Å². The van der Waals surface area contributed by atoms with Crippen molar-refractivity contribution in [3.8, 4) is 11.5 Å². The number of rotatable bonds is 11. The first kappa shape index (κ1) is 32.8. The van der Waals surface area contributed by atoms with Crippen molar-refractivity contribution < 1.29 is 46.7 Å². The maximum Gasteiger partial charge on any atom is 0.264 e. The van der Waals surface area contributed by atoms with E-state index in [0.717, 1.165) is 4.90 Å². The van der Waals surface area contributed by atoms with Crippen LogP contribution in [0.25, 0.3) is 0 Å². The lowest BCUT2D eigenvalue weighted by Crippen LogP contribution is -2.41. The number of methoxy groups -OCH3 is 1. The average molecular weight is 663 g/mol. The van der Waals surface area contributed by atoms with Gasteiger partial charge in [0, 0.05) is 13.8 Å². The molecule has 47 heavy (non-hydrogen) atoms. The number of hydrogen-bond acceptors (Lipinski definition) is 10. The number of imide groups is 2. The van der Waals surface area contributed by atoms with E-state index >= 15 is 0 Å². The van der Waals surface area contributed by atoms with E-state index < -0.39 is 63.0 Å². The molecule has 1 atom stereocenters. The molecular weight excluding hydrogens is 632 g/mol. The molecule has 0 saturated carbocycles. The third-order valence-corrected chi connectivity index (χ3v) is 8.96. The van der Waals surface area contributed by atoms with E-state index in [1.165, 1.54) is 75.6 Å². The molecule has 1 unspecified atom stereocenters. The van der Waals surface area contributed by atoms with Crippen LogP contribution in [0.4, 0.5) is 11.4 Å². The molecule has 0 saturated heterocycles. The standard InChI is InChI=1S/C32H30N4O10S/c1-5-46-26-14-19(12-13-25(26)45-4)24(36-30(40)21-9-7-11-23(34-18(3)38)28(21)32(36)42)15-47(43,44)16-35-29(39)20-8-6-10-22(33-17(2)37)27(20)31(35)41/h6-14,24H,5,15-16H2,1-4H3,(H,33,37)(H,34,38). The van der Waals surface area contributed by atoms with Crippen molar-refractivity contribution in [3.63, 3.8) is 0 Å². The number of sulfone groups is 1. The molecule has 0 bridgehead atoms. The van der Waals surface area contributed by atoms with Gasteiger partial charge in [-0.1, -0.05) is 18.2 Å². The molecule has 0 fully saturated rings. The van der Waals surface area contributed by atoms with Gasteiger partial charge < -0.3 is 20.1 Å². The van der Waals surface area contributed by atoms with Crippen molar-refractivity contribution in [2.24, 2.45) is 0 Å². The van der Waals surface area contributed by atoms with E-state index in [4.69, 9.17) is 9.47 Å². The maximum atomic E-state index is 13.9. The van der Waals surface area contributed by atoms with Crippen LogP contribution in [0.2, 0.25) is 0 Å². The highest BCUT2D eigenvalue weighted by Gasteiger charge is 2.45. The maximum absolute atomic E-state index is 13.9. The lowest BCUT2D eigenvalue weighted by atomic mass is 10.1. The minimum atomic E-state index is -4.46. The number of carbonyl (C=O) groups excluding carboxylic acids is 6. The Morgan fingerprint density at radius 2 is 1.36 bits per heavy atom. The lowest BCUT2D eigenvalue weighted by Gasteiger charge is -2.28. The van der Waals surface area contributed by atoms with E-state index in [2.05, 4.69) is 10.6 Å². The molecule has 2 aliphatic rings. The largest absolute Gasteiger partial charge is 0.493 e. The Balaban J connectivity index is 1.55. The van der Waals surface area contributed by atoms with Gasteiger partial charge in [0.05, 0.1) is 59.1 Å². The molecule has 6 amide bonds. The normalized spacial score (nSPS) is 14.6. The first-order valence-corrected chi connectivity index (χ1v) is 16.2. The number of fused-ring (bicyclic) bond motifs is 2. The Kier molecular flexibility index (Phi) is 8.85. The van der Waals surface area contributed by atoms with Crippen molar-refractivity contribution in [1.82, 2.24) is 9.80 Å². The Labute approximate surface area is 269 Å². The van der Waals surface area contributed by atoms with Gasteiger partial charge in [0.2, 0.25) is 11.8 Å². The van der Waals surface area contributed by atoms with Crippen molar-refractivity contribution in [2.75, 3.05) is 36.0 Å². The molecule has 0 aliphatic carbocycles. The fraction of sp³-hybridized carbons (Fsp3) is 0.250. The molecular formula is C32H30N4O10S. The summed E-state index contributed by atoms with van der Waals surface area (Å²) in [5, 5.41) is 5.00. The molecule has 0 radical (unpaired) electrons. The quantitative estimate of drug-likeness (QED) is 0.289. The first-order valence-electron chi connectivity index (χ1n) is 14.3. The lowest BCUT2D eigenvalue weighted by molar-refractivity contribution is -0.115. The molecule has 2 heterocycles. The summed E-state index contributed by atoms with van der Waals surface area (Å²) >= 11 is 0. The third kappa shape index (κ3) is 6.16. The number of ether oxygens (including phenoxy) is 2. The number of nitrogens with zero attached hydrogens (tertiary/aromatic N) is 2. The first-order chi connectivity index (χ1) is 22.3. The predicted molar refractivity (Wildman–Crippen MR) is 168 cm³/mol. The second-order valence-corrected chi connectivity index (χ2v) is 12.8. The summed E-state index contributed by atoms with van der Waals surface area (Å²) in [4.78, 5) is 79.2. The molecule has 15 heteroatoms. The number of nitrogens with one attached hydrogen (secondary N) is 2. The van der Waals surface area contributed by atoms with Crippen LogP contribution >= 0.6 is 0 Å². The summed E-state index contributed by atoms with van der Waals surface area (Å²) < 4.78 is 38.8. The van der Waals surface area contributed by atoms with Gasteiger partial charge in [-0.25, -0.2) is 8.42 Å². The SMILES string of the molecule is CCOc1cc(C(CS(=O)(=O)CN2C(=O)c3cccc(NC(C)=O)c3C2=O)N2C(=O)c3cccc(NC(C)=O)c3C2=O)ccc1OC. The molecule has 3 aromatic carbocycles. The van der Waals surface area contributed by atoms with Crippen LogP contribution < -0.4 is 20.1 Å². The monoisotopic (exact) mass is 662 g/mol. The minimum absolute atomic E-state index is 0.0481. The van der Waals surface area contributed by atoms with E-state index in [0.29, 0.717) is 10.6 Å². The number of carbonyl (C=O) groups is 6. The third-order valence-electron chi connectivity index (χ3n) is 7.49. The number of anilines is 2. The van der Waals surface area contributed by atoms with E-state index in [1.807, 2.05) is 0 Å². The topological polar surface area (TPSA) is 186 Å². The second-order valence-electron chi connectivity index (χ2n) is 10.7. The van der Waals surface area contributed by atoms with Crippen LogP contribution in [0, 0.1) is 0 Å². The Bertz CT molecular complexity index is 1970. The van der Waals surface area contributed by atoms with Gasteiger partial charge in [-0.15, -0.1) is 0 Å². The molecule has 14 nitrogen and oxygen atoms in total. The summed E-state index contributed by atoms with van der Waals surface area (Å²) in [5.41, 5.74) is -0.0922. The highest BCUT2D eigenvalue weighted by atomic mass is 32.2. The van der Waals surface area contributed by atoms with Gasteiger partial charge in [-0.2, -0.15) is 0 Å². The molecule has 2 N–H and O–H groups in total. The van der Waals surface area contributed by atoms with Gasteiger partial charge in [-0.3, -0.25) is 38.6 Å². The minimum Gasteiger partial charge on any atom is -0.493 e. The van der Waals surface area contributed by atoms with Gasteiger partial charge >= 0.3 is 0 Å². The van der Waals surface area contributed by atoms with Crippen LogP contribution in [0.1, 0.15) is 73.8 Å². The van der Waals surface area contributed by atoms with Gasteiger partial charge in [0.1, 0.15) is 5.88 Å². The van der Waals surface area contributed by atoms with Crippen LogP contribution in [0.5, 0.6) is 11.5 Å². The van der Waals surface area contributed by atoms with Crippen molar-refractivity contribution in [1.29, 1.82) is 0 Å². The molecule has 2 aliphatic heterocycles. The zero-order chi connectivity index (χ0) is 34.2. The van der Waals surface area contributed by atoms with Crippen LogP contribution in [0.15, 0.2) is 54.6 Å². The Morgan fingerprint density at radius 1 is 0.787 bits per heavy atom. The zero-order valence-electron chi connectivity index (χ0n) is 25.8. The van der Waals surface area contributed by atoms with Gasteiger partial charge in [0.25, 0.3) is 23.6 Å². The molecule has 244 valence electrons. The van der Waals surface area contributed by atoms with Gasteiger partial charge in [-0.05, 0) is 48.9 Å². The van der Waals surface area contributed by atoms with Crippen molar-refractivity contribution in [3.05, 3.63) is 82.4 Å². The smallest absolute Gasteiger partial charge is 0.264 e. The number of benzene rings is 3. The zero-order valence-corrected chi connectivity index (χ0v) is 26.6. The van der Waals surface area contributed by atoms with E-state index in [-0.39, 0.29) is 51.5 Å².